The maximum atomic E-state index is 12.5. The summed E-state index contributed by atoms with van der Waals surface area (Å²) in [5.41, 5.74) is -1.01. The summed E-state index contributed by atoms with van der Waals surface area (Å²) in [7, 11) is 0. The van der Waals surface area contributed by atoms with Crippen molar-refractivity contribution in [2.24, 2.45) is 0 Å². The number of hydrogen-bond acceptors (Lipinski definition) is 8. The van der Waals surface area contributed by atoms with Gasteiger partial charge >= 0.3 is 23.9 Å². The molecule has 0 amide bonds. The van der Waals surface area contributed by atoms with Gasteiger partial charge in [-0.15, -0.1) is 0 Å². The Morgan fingerprint density at radius 1 is 1.03 bits per heavy atom. The van der Waals surface area contributed by atoms with Crippen molar-refractivity contribution in [3.05, 3.63) is 48.1 Å². The van der Waals surface area contributed by atoms with Crippen LogP contribution >= 0.6 is 0 Å². The summed E-state index contributed by atoms with van der Waals surface area (Å²) in [5, 5.41) is 8.87. The largest absolute Gasteiger partial charge is 0.481 e. The van der Waals surface area contributed by atoms with Gasteiger partial charge in [0.25, 0.3) is 0 Å². The van der Waals surface area contributed by atoms with Crippen LogP contribution in [0.25, 0.3) is 0 Å². The van der Waals surface area contributed by atoms with Crippen LogP contribution in [0.1, 0.15) is 65.7 Å². The van der Waals surface area contributed by atoms with Crippen molar-refractivity contribution in [3.63, 3.8) is 0 Å². The first kappa shape index (κ1) is 29.5. The zero-order valence-corrected chi connectivity index (χ0v) is 20.5. The molecule has 0 heterocycles. The molecule has 1 aliphatic rings. The standard InChI is InChI=1S/C26H34O9/c1-19(27)33-18-9-7-5-4-6-8-16-26(35-21(3)29)17-15-24(30)23(26)12-10-11-22(34-20(2)28)13-14-25(31)32/h6,8,10-12,15,17,22H,4-5,7,9,13-14,16,18H2,1-3H3,(H,31,32). The number of carboxylic acid groups (broad SMARTS) is 1. The normalized spacial score (nSPS) is 19.4. The van der Waals surface area contributed by atoms with E-state index in [9.17, 15) is 24.0 Å². The summed E-state index contributed by atoms with van der Waals surface area (Å²) in [4.78, 5) is 57.2. The Morgan fingerprint density at radius 3 is 2.40 bits per heavy atom. The number of ether oxygens (including phenoxy) is 3. The van der Waals surface area contributed by atoms with Crippen LogP contribution in [0.15, 0.2) is 48.1 Å². The van der Waals surface area contributed by atoms with Crippen molar-refractivity contribution in [1.29, 1.82) is 0 Å². The van der Waals surface area contributed by atoms with Gasteiger partial charge in [0.2, 0.25) is 0 Å². The van der Waals surface area contributed by atoms with Crippen LogP contribution in [0.3, 0.4) is 0 Å². The van der Waals surface area contributed by atoms with E-state index in [0.717, 1.165) is 25.7 Å². The molecular weight excluding hydrogens is 456 g/mol. The van der Waals surface area contributed by atoms with Crippen LogP contribution < -0.4 is 0 Å². The monoisotopic (exact) mass is 490 g/mol. The fraction of sp³-hybridized carbons (Fsp3) is 0.500. The Morgan fingerprint density at radius 2 is 1.77 bits per heavy atom. The van der Waals surface area contributed by atoms with Gasteiger partial charge in [0.15, 0.2) is 11.4 Å². The molecule has 9 heteroatoms. The Labute approximate surface area is 205 Å². The summed E-state index contributed by atoms with van der Waals surface area (Å²) in [6.07, 6.45) is 13.9. The van der Waals surface area contributed by atoms with Crippen molar-refractivity contribution in [2.75, 3.05) is 6.61 Å². The van der Waals surface area contributed by atoms with Gasteiger partial charge in [-0.05, 0) is 50.3 Å². The lowest BCUT2D eigenvalue weighted by Crippen LogP contribution is -2.33. The predicted octanol–water partition coefficient (Wildman–Crippen LogP) is 3.78. The molecule has 0 radical (unpaired) electrons. The lowest BCUT2D eigenvalue weighted by Gasteiger charge is -2.27. The van der Waals surface area contributed by atoms with E-state index in [1.165, 1.54) is 45.1 Å². The molecule has 1 rings (SSSR count). The highest BCUT2D eigenvalue weighted by Crippen LogP contribution is 2.34. The first-order valence-electron chi connectivity index (χ1n) is 11.5. The second-order valence-corrected chi connectivity index (χ2v) is 8.09. The number of carbonyl (C=O) groups is 5. The topological polar surface area (TPSA) is 133 Å². The maximum absolute atomic E-state index is 12.5. The summed E-state index contributed by atoms with van der Waals surface area (Å²) in [5.74, 6) is -2.72. The molecule has 2 unspecified atom stereocenters. The summed E-state index contributed by atoms with van der Waals surface area (Å²) < 4.78 is 15.6. The number of ketones is 1. The van der Waals surface area contributed by atoms with E-state index in [2.05, 4.69) is 0 Å². The van der Waals surface area contributed by atoms with Gasteiger partial charge in [-0.1, -0.05) is 24.3 Å². The quantitative estimate of drug-likeness (QED) is 0.120. The van der Waals surface area contributed by atoms with Crippen molar-refractivity contribution in [2.45, 2.75) is 77.4 Å². The molecule has 9 nitrogen and oxygen atoms in total. The van der Waals surface area contributed by atoms with Crippen LogP contribution in [0.4, 0.5) is 0 Å². The minimum Gasteiger partial charge on any atom is -0.481 e. The SMILES string of the molecule is CC(=O)OCCCCCC=CCC1(OC(C)=O)C=CC(=O)C1=CC=CC(CCC(=O)O)OC(C)=O. The molecule has 0 aromatic rings. The highest BCUT2D eigenvalue weighted by Gasteiger charge is 2.41. The molecule has 0 aromatic carbocycles. The molecule has 0 aromatic heterocycles. The fourth-order valence-corrected chi connectivity index (χ4v) is 3.47. The Kier molecular flexibility index (Phi) is 13.0. The molecular formula is C26H34O9. The van der Waals surface area contributed by atoms with E-state index < -0.39 is 29.6 Å². The third-order valence-corrected chi connectivity index (χ3v) is 5.01. The summed E-state index contributed by atoms with van der Waals surface area (Å²) in [6.45, 7) is 4.27. The van der Waals surface area contributed by atoms with E-state index in [4.69, 9.17) is 19.3 Å². The van der Waals surface area contributed by atoms with Gasteiger partial charge in [0.05, 0.1) is 6.61 Å². The van der Waals surface area contributed by atoms with Gasteiger partial charge in [0.1, 0.15) is 6.10 Å². The minimum atomic E-state index is -1.25. The second kappa shape index (κ2) is 15.4. The molecule has 0 fully saturated rings. The van der Waals surface area contributed by atoms with Gasteiger partial charge in [-0.2, -0.15) is 0 Å². The Hall–Kier alpha value is -3.49. The molecule has 1 N–H and O–H groups in total. The van der Waals surface area contributed by atoms with Crippen molar-refractivity contribution >= 4 is 29.7 Å². The average Bonchev–Trinajstić information content (AvgIpc) is 3.05. The lowest BCUT2D eigenvalue weighted by atomic mass is 9.91. The van der Waals surface area contributed by atoms with Crippen LogP contribution in [0.2, 0.25) is 0 Å². The minimum absolute atomic E-state index is 0.0828. The van der Waals surface area contributed by atoms with E-state index in [-0.39, 0.29) is 36.6 Å². The number of esters is 3. The van der Waals surface area contributed by atoms with Gasteiger partial charge < -0.3 is 19.3 Å². The van der Waals surface area contributed by atoms with Crippen molar-refractivity contribution in [3.8, 4) is 0 Å². The van der Waals surface area contributed by atoms with Gasteiger partial charge in [-0.25, -0.2) is 0 Å². The number of allylic oxidation sites excluding steroid dienone is 4. The molecule has 1 aliphatic carbocycles. The number of unbranched alkanes of at least 4 members (excludes halogenated alkanes) is 3. The smallest absolute Gasteiger partial charge is 0.303 e. The zero-order valence-electron chi connectivity index (χ0n) is 20.5. The predicted molar refractivity (Wildman–Crippen MR) is 127 cm³/mol. The van der Waals surface area contributed by atoms with Crippen LogP contribution in [0.5, 0.6) is 0 Å². The Bertz CT molecular complexity index is 894. The molecule has 192 valence electrons. The highest BCUT2D eigenvalue weighted by atomic mass is 16.6. The maximum Gasteiger partial charge on any atom is 0.303 e. The van der Waals surface area contributed by atoms with Crippen LogP contribution in [-0.2, 0) is 38.2 Å². The molecule has 0 bridgehead atoms. The van der Waals surface area contributed by atoms with E-state index in [0.29, 0.717) is 6.61 Å². The average molecular weight is 491 g/mol. The number of hydrogen-bond donors (Lipinski definition) is 1. The second-order valence-electron chi connectivity index (χ2n) is 8.09. The first-order chi connectivity index (χ1) is 16.6. The number of aliphatic carboxylic acids is 1. The molecule has 0 spiro atoms. The molecule has 0 saturated heterocycles. The third-order valence-electron chi connectivity index (χ3n) is 5.01. The van der Waals surface area contributed by atoms with Gasteiger partial charge in [-0.3, -0.25) is 24.0 Å². The molecule has 0 saturated carbocycles. The fourth-order valence-electron chi connectivity index (χ4n) is 3.47. The summed E-state index contributed by atoms with van der Waals surface area (Å²) in [6, 6.07) is 0. The summed E-state index contributed by atoms with van der Waals surface area (Å²) >= 11 is 0. The van der Waals surface area contributed by atoms with Crippen LogP contribution in [0, 0.1) is 0 Å². The number of rotatable bonds is 15. The molecule has 2 atom stereocenters. The highest BCUT2D eigenvalue weighted by molar-refractivity contribution is 6.09. The lowest BCUT2D eigenvalue weighted by molar-refractivity contribution is -0.149. The Balaban J connectivity index is 2.86. The number of carboxylic acids is 1. The van der Waals surface area contributed by atoms with Crippen molar-refractivity contribution < 1.29 is 43.3 Å². The third kappa shape index (κ3) is 12.0. The molecule has 35 heavy (non-hydrogen) atoms. The number of carbonyl (C=O) groups excluding carboxylic acids is 4. The first-order valence-corrected chi connectivity index (χ1v) is 11.5. The van der Waals surface area contributed by atoms with Crippen LogP contribution in [-0.4, -0.2) is 53.1 Å². The van der Waals surface area contributed by atoms with E-state index in [1.54, 1.807) is 6.08 Å². The van der Waals surface area contributed by atoms with E-state index in [1.807, 2.05) is 12.2 Å². The van der Waals surface area contributed by atoms with E-state index >= 15 is 0 Å². The zero-order chi connectivity index (χ0) is 26.3. The van der Waals surface area contributed by atoms with Crippen molar-refractivity contribution in [1.82, 2.24) is 0 Å². The molecule has 0 aliphatic heterocycles. The van der Waals surface area contributed by atoms with Gasteiger partial charge in [0, 0.05) is 39.2 Å².